The summed E-state index contributed by atoms with van der Waals surface area (Å²) in [5.74, 6) is -1.03. The Kier molecular flexibility index (Phi) is 3.49. The van der Waals surface area contributed by atoms with Crippen molar-refractivity contribution in [1.29, 1.82) is 0 Å². The van der Waals surface area contributed by atoms with E-state index in [-0.39, 0.29) is 5.56 Å². The van der Waals surface area contributed by atoms with Crippen LogP contribution in [-0.4, -0.2) is 31.3 Å². The van der Waals surface area contributed by atoms with Crippen LogP contribution in [0.25, 0.3) is 16.8 Å². The number of benzene rings is 2. The Hall–Kier alpha value is -2.54. The Morgan fingerprint density at radius 3 is 2.43 bits per heavy atom. The first-order valence-corrected chi connectivity index (χ1v) is 6.81. The monoisotopic (exact) mass is 344 g/mol. The van der Waals surface area contributed by atoms with Crippen LogP contribution >= 0.6 is 15.9 Å². The van der Waals surface area contributed by atoms with E-state index in [1.807, 2.05) is 30.3 Å². The van der Waals surface area contributed by atoms with Crippen molar-refractivity contribution in [2.24, 2.45) is 0 Å². The zero-order valence-electron chi connectivity index (χ0n) is 10.6. The zero-order chi connectivity index (χ0) is 14.8. The molecule has 0 aliphatic carbocycles. The summed E-state index contributed by atoms with van der Waals surface area (Å²) in [6, 6.07) is 12.8. The fourth-order valence-electron chi connectivity index (χ4n) is 2.00. The molecular formula is C14H9BrN4O2. The lowest BCUT2D eigenvalue weighted by molar-refractivity contribution is 0.0697. The molecule has 0 atom stereocenters. The van der Waals surface area contributed by atoms with E-state index in [1.54, 1.807) is 12.1 Å². The van der Waals surface area contributed by atoms with Crippen LogP contribution in [-0.2, 0) is 0 Å². The number of rotatable bonds is 3. The number of carboxylic acid groups (broad SMARTS) is 1. The smallest absolute Gasteiger partial charge is 0.337 e. The molecule has 1 heterocycles. The molecule has 21 heavy (non-hydrogen) atoms. The average Bonchev–Trinajstić information content (AvgIpc) is 3.01. The number of carbonyl (C=O) groups is 1. The topological polar surface area (TPSA) is 80.9 Å². The molecule has 0 amide bonds. The molecule has 3 aromatic rings. The van der Waals surface area contributed by atoms with Gasteiger partial charge in [0.25, 0.3) is 0 Å². The van der Waals surface area contributed by atoms with Gasteiger partial charge in [0, 0.05) is 4.47 Å². The standard InChI is InChI=1S/C14H9BrN4O2/c15-11-4-1-9(2-5-11)10-3-6-13(12(7-10)14(20)21)19-8-16-17-18-19/h1-8H,(H,20,21). The van der Waals surface area contributed by atoms with Gasteiger partial charge in [-0.1, -0.05) is 34.1 Å². The summed E-state index contributed by atoms with van der Waals surface area (Å²) in [6.45, 7) is 0. The van der Waals surface area contributed by atoms with Gasteiger partial charge in [-0.05, 0) is 45.8 Å². The summed E-state index contributed by atoms with van der Waals surface area (Å²) in [6.07, 6.45) is 1.36. The molecule has 3 rings (SSSR count). The van der Waals surface area contributed by atoms with Crippen molar-refractivity contribution in [2.75, 3.05) is 0 Å². The Bertz CT molecular complexity index is 785. The molecule has 7 heteroatoms. The quantitative estimate of drug-likeness (QED) is 0.789. The van der Waals surface area contributed by atoms with Gasteiger partial charge in [-0.3, -0.25) is 0 Å². The van der Waals surface area contributed by atoms with Gasteiger partial charge in [0.15, 0.2) is 0 Å². The van der Waals surface area contributed by atoms with Crippen molar-refractivity contribution < 1.29 is 9.90 Å². The summed E-state index contributed by atoms with van der Waals surface area (Å²) < 4.78 is 2.30. The van der Waals surface area contributed by atoms with Crippen LogP contribution in [0.2, 0.25) is 0 Å². The maximum absolute atomic E-state index is 11.5. The van der Waals surface area contributed by atoms with Crippen LogP contribution in [0.3, 0.4) is 0 Å². The maximum atomic E-state index is 11.5. The van der Waals surface area contributed by atoms with Crippen LogP contribution in [0.5, 0.6) is 0 Å². The second-order valence-corrected chi connectivity index (χ2v) is 5.21. The van der Waals surface area contributed by atoms with Crippen molar-refractivity contribution in [3.8, 4) is 16.8 Å². The van der Waals surface area contributed by atoms with E-state index in [9.17, 15) is 9.90 Å². The van der Waals surface area contributed by atoms with Crippen LogP contribution < -0.4 is 0 Å². The zero-order valence-corrected chi connectivity index (χ0v) is 12.2. The molecule has 0 aliphatic heterocycles. The number of tetrazole rings is 1. The van der Waals surface area contributed by atoms with Crippen molar-refractivity contribution in [1.82, 2.24) is 20.2 Å². The van der Waals surface area contributed by atoms with Crippen LogP contribution in [0.4, 0.5) is 0 Å². The molecule has 2 aromatic carbocycles. The third-order valence-electron chi connectivity index (χ3n) is 3.00. The molecule has 0 spiro atoms. The Labute approximate surface area is 128 Å². The van der Waals surface area contributed by atoms with Crippen LogP contribution in [0, 0.1) is 0 Å². The van der Waals surface area contributed by atoms with Gasteiger partial charge in [-0.25, -0.2) is 4.79 Å². The van der Waals surface area contributed by atoms with E-state index in [1.165, 1.54) is 11.0 Å². The first-order chi connectivity index (χ1) is 10.1. The van der Waals surface area contributed by atoms with E-state index < -0.39 is 5.97 Å². The van der Waals surface area contributed by atoms with E-state index in [2.05, 4.69) is 31.5 Å². The molecule has 0 unspecified atom stereocenters. The number of carboxylic acids is 1. The van der Waals surface area contributed by atoms with Crippen molar-refractivity contribution in [3.05, 3.63) is 58.8 Å². The number of aromatic nitrogens is 4. The van der Waals surface area contributed by atoms with Gasteiger partial charge < -0.3 is 5.11 Å². The SMILES string of the molecule is O=C(O)c1cc(-c2ccc(Br)cc2)ccc1-n1cnnn1. The van der Waals surface area contributed by atoms with E-state index >= 15 is 0 Å². The van der Waals surface area contributed by atoms with Gasteiger partial charge in [-0.15, -0.1) is 5.10 Å². The lowest BCUT2D eigenvalue weighted by Crippen LogP contribution is -2.06. The second kappa shape index (κ2) is 5.45. The molecule has 0 bridgehead atoms. The average molecular weight is 345 g/mol. The highest BCUT2D eigenvalue weighted by Crippen LogP contribution is 2.25. The molecule has 104 valence electrons. The molecule has 1 N–H and O–H groups in total. The Balaban J connectivity index is 2.11. The van der Waals surface area contributed by atoms with Crippen molar-refractivity contribution >= 4 is 21.9 Å². The molecule has 1 aromatic heterocycles. The predicted octanol–water partition coefficient (Wildman–Crippen LogP) is 2.79. The number of nitrogens with zero attached hydrogens (tertiary/aromatic N) is 4. The second-order valence-electron chi connectivity index (χ2n) is 4.30. The highest BCUT2D eigenvalue weighted by atomic mass is 79.9. The first kappa shape index (κ1) is 13.4. The third kappa shape index (κ3) is 2.68. The number of hydrogen-bond acceptors (Lipinski definition) is 4. The van der Waals surface area contributed by atoms with E-state index in [4.69, 9.17) is 0 Å². The summed E-state index contributed by atoms with van der Waals surface area (Å²) in [5.41, 5.74) is 2.32. The van der Waals surface area contributed by atoms with Gasteiger partial charge >= 0.3 is 5.97 Å². The number of halogens is 1. The largest absolute Gasteiger partial charge is 0.478 e. The first-order valence-electron chi connectivity index (χ1n) is 6.02. The molecule has 0 fully saturated rings. The maximum Gasteiger partial charge on any atom is 0.337 e. The highest BCUT2D eigenvalue weighted by molar-refractivity contribution is 9.10. The van der Waals surface area contributed by atoms with E-state index in [0.717, 1.165) is 15.6 Å². The van der Waals surface area contributed by atoms with Gasteiger partial charge in [0.2, 0.25) is 0 Å². The summed E-state index contributed by atoms with van der Waals surface area (Å²) in [4.78, 5) is 11.5. The minimum absolute atomic E-state index is 0.141. The molecule has 0 saturated carbocycles. The van der Waals surface area contributed by atoms with Crippen molar-refractivity contribution in [3.63, 3.8) is 0 Å². The number of hydrogen-bond donors (Lipinski definition) is 1. The molecule has 0 aliphatic rings. The lowest BCUT2D eigenvalue weighted by atomic mass is 10.0. The normalized spacial score (nSPS) is 10.5. The lowest BCUT2D eigenvalue weighted by Gasteiger charge is -2.08. The predicted molar refractivity (Wildman–Crippen MR) is 79.2 cm³/mol. The summed E-state index contributed by atoms with van der Waals surface area (Å²) >= 11 is 3.37. The summed E-state index contributed by atoms with van der Waals surface area (Å²) in [5, 5.41) is 20.2. The third-order valence-corrected chi connectivity index (χ3v) is 3.53. The Morgan fingerprint density at radius 2 is 1.81 bits per heavy atom. The highest BCUT2D eigenvalue weighted by Gasteiger charge is 2.14. The fraction of sp³-hybridized carbons (Fsp3) is 0. The molecule has 0 saturated heterocycles. The molecular weight excluding hydrogens is 336 g/mol. The van der Waals surface area contributed by atoms with Crippen molar-refractivity contribution in [2.45, 2.75) is 0 Å². The minimum atomic E-state index is -1.03. The minimum Gasteiger partial charge on any atom is -0.478 e. The van der Waals surface area contributed by atoms with Gasteiger partial charge in [0.1, 0.15) is 6.33 Å². The van der Waals surface area contributed by atoms with Crippen LogP contribution in [0.1, 0.15) is 10.4 Å². The van der Waals surface area contributed by atoms with Gasteiger partial charge in [0.05, 0.1) is 11.3 Å². The number of aromatic carboxylic acids is 1. The van der Waals surface area contributed by atoms with Gasteiger partial charge in [-0.2, -0.15) is 4.68 Å². The molecule has 0 radical (unpaired) electrons. The fourth-order valence-corrected chi connectivity index (χ4v) is 2.27. The Morgan fingerprint density at radius 1 is 1.10 bits per heavy atom. The molecule has 6 nitrogen and oxygen atoms in total. The van der Waals surface area contributed by atoms with E-state index in [0.29, 0.717) is 5.69 Å². The summed E-state index contributed by atoms with van der Waals surface area (Å²) in [7, 11) is 0. The van der Waals surface area contributed by atoms with Crippen LogP contribution in [0.15, 0.2) is 53.3 Å².